The highest BCUT2D eigenvalue weighted by atomic mass is 79.9. The second kappa shape index (κ2) is 7.87. The summed E-state index contributed by atoms with van der Waals surface area (Å²) in [6.07, 6.45) is 0. The standard InChI is InChI=1S/C17H18BrNO4/c1-3-23-16-9-14(18)12(8-15(16)22-2)10-19-13-6-4-11(5-7-13)17(20)21/h4-9,19H,3,10H2,1-2H3,(H,20,21). The lowest BCUT2D eigenvalue weighted by molar-refractivity contribution is 0.0697. The van der Waals surface area contributed by atoms with Gasteiger partial charge in [-0.25, -0.2) is 4.79 Å². The highest BCUT2D eigenvalue weighted by Crippen LogP contribution is 2.34. The summed E-state index contributed by atoms with van der Waals surface area (Å²) >= 11 is 3.53. The van der Waals surface area contributed by atoms with Crippen LogP contribution in [0.4, 0.5) is 5.69 Å². The van der Waals surface area contributed by atoms with Crippen LogP contribution in [-0.4, -0.2) is 24.8 Å². The second-order valence-corrected chi connectivity index (χ2v) is 5.62. The summed E-state index contributed by atoms with van der Waals surface area (Å²) in [6, 6.07) is 10.4. The topological polar surface area (TPSA) is 67.8 Å². The SMILES string of the molecule is CCOc1cc(Br)c(CNc2ccc(C(=O)O)cc2)cc1OC. The maximum Gasteiger partial charge on any atom is 0.335 e. The summed E-state index contributed by atoms with van der Waals surface area (Å²) in [6.45, 7) is 3.05. The molecule has 23 heavy (non-hydrogen) atoms. The number of carboxylic acids is 1. The van der Waals surface area contributed by atoms with Crippen molar-refractivity contribution in [2.45, 2.75) is 13.5 Å². The number of carboxylic acid groups (broad SMARTS) is 1. The smallest absolute Gasteiger partial charge is 0.335 e. The molecule has 0 aliphatic carbocycles. The normalized spacial score (nSPS) is 10.2. The lowest BCUT2D eigenvalue weighted by atomic mass is 10.1. The monoisotopic (exact) mass is 379 g/mol. The van der Waals surface area contributed by atoms with Gasteiger partial charge in [-0.2, -0.15) is 0 Å². The molecule has 0 atom stereocenters. The van der Waals surface area contributed by atoms with Crippen LogP contribution < -0.4 is 14.8 Å². The molecule has 122 valence electrons. The summed E-state index contributed by atoms with van der Waals surface area (Å²) in [5.41, 5.74) is 2.11. The molecule has 0 aliphatic rings. The fourth-order valence-corrected chi connectivity index (χ4v) is 2.53. The van der Waals surface area contributed by atoms with Gasteiger partial charge in [-0.1, -0.05) is 15.9 Å². The van der Waals surface area contributed by atoms with Crippen molar-refractivity contribution >= 4 is 27.6 Å². The first-order valence-corrected chi connectivity index (χ1v) is 7.91. The Morgan fingerprint density at radius 2 is 1.91 bits per heavy atom. The number of anilines is 1. The molecule has 2 aromatic carbocycles. The van der Waals surface area contributed by atoms with Crippen LogP contribution in [0.5, 0.6) is 11.5 Å². The van der Waals surface area contributed by atoms with Gasteiger partial charge in [0, 0.05) is 16.7 Å². The van der Waals surface area contributed by atoms with Gasteiger partial charge < -0.3 is 19.9 Å². The maximum atomic E-state index is 10.8. The molecule has 0 radical (unpaired) electrons. The van der Waals surface area contributed by atoms with Crippen molar-refractivity contribution in [1.82, 2.24) is 0 Å². The van der Waals surface area contributed by atoms with Gasteiger partial charge in [-0.3, -0.25) is 0 Å². The van der Waals surface area contributed by atoms with Crippen molar-refractivity contribution in [1.29, 1.82) is 0 Å². The predicted molar refractivity (Wildman–Crippen MR) is 92.6 cm³/mol. The van der Waals surface area contributed by atoms with Crippen molar-refractivity contribution in [2.75, 3.05) is 19.0 Å². The van der Waals surface area contributed by atoms with Crippen LogP contribution in [0.2, 0.25) is 0 Å². The number of nitrogens with one attached hydrogen (secondary N) is 1. The minimum absolute atomic E-state index is 0.263. The van der Waals surface area contributed by atoms with Gasteiger partial charge in [0.05, 0.1) is 19.3 Å². The molecule has 2 aromatic rings. The van der Waals surface area contributed by atoms with Gasteiger partial charge in [-0.15, -0.1) is 0 Å². The molecule has 0 saturated carbocycles. The maximum absolute atomic E-state index is 10.8. The van der Waals surface area contributed by atoms with Crippen LogP contribution in [0, 0.1) is 0 Å². The van der Waals surface area contributed by atoms with E-state index in [2.05, 4.69) is 21.2 Å². The number of ether oxygens (including phenoxy) is 2. The molecule has 0 bridgehead atoms. The van der Waals surface area contributed by atoms with Crippen molar-refractivity contribution in [3.05, 3.63) is 52.0 Å². The van der Waals surface area contributed by atoms with Crippen LogP contribution in [0.3, 0.4) is 0 Å². The summed E-state index contributed by atoms with van der Waals surface area (Å²) in [5, 5.41) is 12.1. The molecule has 0 unspecified atom stereocenters. The third kappa shape index (κ3) is 4.39. The Labute approximate surface area is 143 Å². The molecular weight excluding hydrogens is 362 g/mol. The Morgan fingerprint density at radius 3 is 2.48 bits per heavy atom. The second-order valence-electron chi connectivity index (χ2n) is 4.76. The lowest BCUT2D eigenvalue weighted by Gasteiger charge is -2.14. The number of hydrogen-bond donors (Lipinski definition) is 2. The van der Waals surface area contributed by atoms with E-state index in [0.717, 1.165) is 15.7 Å². The number of hydrogen-bond acceptors (Lipinski definition) is 4. The Kier molecular flexibility index (Phi) is 5.87. The van der Waals surface area contributed by atoms with Gasteiger partial charge in [0.15, 0.2) is 11.5 Å². The average molecular weight is 380 g/mol. The third-order valence-electron chi connectivity index (χ3n) is 3.25. The van der Waals surface area contributed by atoms with Crippen molar-refractivity contribution in [3.8, 4) is 11.5 Å². The first-order chi connectivity index (χ1) is 11.0. The predicted octanol–water partition coefficient (Wildman–Crippen LogP) is 4.17. The van der Waals surface area contributed by atoms with Crippen LogP contribution in [0.15, 0.2) is 40.9 Å². The molecule has 2 rings (SSSR count). The zero-order chi connectivity index (χ0) is 16.8. The van der Waals surface area contributed by atoms with E-state index in [-0.39, 0.29) is 5.56 Å². The number of benzene rings is 2. The molecule has 0 fully saturated rings. The molecule has 6 heteroatoms. The number of carbonyl (C=O) groups is 1. The third-order valence-corrected chi connectivity index (χ3v) is 3.99. The van der Waals surface area contributed by atoms with Crippen molar-refractivity contribution in [2.24, 2.45) is 0 Å². The van der Waals surface area contributed by atoms with E-state index < -0.39 is 5.97 Å². The minimum Gasteiger partial charge on any atom is -0.493 e. The van der Waals surface area contributed by atoms with E-state index in [1.54, 1.807) is 31.4 Å². The van der Waals surface area contributed by atoms with Gasteiger partial charge >= 0.3 is 5.97 Å². The number of rotatable bonds is 7. The molecule has 0 saturated heterocycles. The first kappa shape index (κ1) is 17.1. The summed E-state index contributed by atoms with van der Waals surface area (Å²) in [7, 11) is 1.60. The number of methoxy groups -OCH3 is 1. The van der Waals surface area contributed by atoms with Crippen molar-refractivity contribution in [3.63, 3.8) is 0 Å². The molecule has 0 aromatic heterocycles. The summed E-state index contributed by atoms with van der Waals surface area (Å²) in [5.74, 6) is 0.431. The van der Waals surface area contributed by atoms with E-state index >= 15 is 0 Å². The number of halogens is 1. The molecule has 2 N–H and O–H groups in total. The Morgan fingerprint density at radius 1 is 1.22 bits per heavy atom. The average Bonchev–Trinajstić information content (AvgIpc) is 2.55. The van der Waals surface area contributed by atoms with Crippen LogP contribution >= 0.6 is 15.9 Å². The molecule has 0 spiro atoms. The largest absolute Gasteiger partial charge is 0.493 e. The minimum atomic E-state index is -0.935. The van der Waals surface area contributed by atoms with Crippen LogP contribution in [-0.2, 0) is 6.54 Å². The van der Waals surface area contributed by atoms with E-state index in [4.69, 9.17) is 14.6 Å². The molecular formula is C17H18BrNO4. The zero-order valence-corrected chi connectivity index (χ0v) is 14.5. The van der Waals surface area contributed by atoms with Gasteiger partial charge in [0.1, 0.15) is 0 Å². The molecule has 5 nitrogen and oxygen atoms in total. The van der Waals surface area contributed by atoms with Gasteiger partial charge in [-0.05, 0) is 48.9 Å². The fraction of sp³-hybridized carbons (Fsp3) is 0.235. The van der Waals surface area contributed by atoms with E-state index in [1.165, 1.54) is 0 Å². The fourth-order valence-electron chi connectivity index (χ4n) is 2.07. The zero-order valence-electron chi connectivity index (χ0n) is 12.9. The summed E-state index contributed by atoms with van der Waals surface area (Å²) in [4.78, 5) is 10.8. The van der Waals surface area contributed by atoms with E-state index in [0.29, 0.717) is 24.7 Å². The van der Waals surface area contributed by atoms with Crippen LogP contribution in [0.25, 0.3) is 0 Å². The quantitative estimate of drug-likeness (QED) is 0.755. The van der Waals surface area contributed by atoms with Crippen LogP contribution in [0.1, 0.15) is 22.8 Å². The van der Waals surface area contributed by atoms with Crippen molar-refractivity contribution < 1.29 is 19.4 Å². The highest BCUT2D eigenvalue weighted by Gasteiger charge is 2.10. The van der Waals surface area contributed by atoms with E-state index in [1.807, 2.05) is 19.1 Å². The summed E-state index contributed by atoms with van der Waals surface area (Å²) < 4.78 is 11.8. The molecule has 0 heterocycles. The Bertz CT molecular complexity index is 686. The van der Waals surface area contributed by atoms with E-state index in [9.17, 15) is 4.79 Å². The van der Waals surface area contributed by atoms with Gasteiger partial charge in [0.2, 0.25) is 0 Å². The number of aromatic carboxylic acids is 1. The Hall–Kier alpha value is -2.21. The Balaban J connectivity index is 2.12. The molecule has 0 aliphatic heterocycles. The van der Waals surface area contributed by atoms with Gasteiger partial charge in [0.25, 0.3) is 0 Å². The highest BCUT2D eigenvalue weighted by molar-refractivity contribution is 9.10. The first-order valence-electron chi connectivity index (χ1n) is 7.11. The molecule has 0 amide bonds. The lowest BCUT2D eigenvalue weighted by Crippen LogP contribution is -2.03.